The molecule has 0 amide bonds. The fraction of sp³-hybridized carbons (Fsp3) is 0.389. The van der Waals surface area contributed by atoms with E-state index in [0.717, 1.165) is 0 Å². The van der Waals surface area contributed by atoms with E-state index in [-0.39, 0.29) is 16.7 Å². The van der Waals surface area contributed by atoms with Crippen LogP contribution in [0.2, 0.25) is 5.02 Å². The number of aliphatic imine (C=N–C) groups is 1. The molecule has 0 aliphatic carbocycles. The minimum absolute atomic E-state index is 0.0136. The van der Waals surface area contributed by atoms with Crippen LogP contribution >= 0.6 is 11.6 Å². The first-order chi connectivity index (χ1) is 14.1. The van der Waals surface area contributed by atoms with Crippen LogP contribution in [0.3, 0.4) is 0 Å². The van der Waals surface area contributed by atoms with E-state index in [0.29, 0.717) is 35.2 Å². The highest BCUT2D eigenvalue weighted by atomic mass is 35.5. The molecule has 1 aliphatic rings. The van der Waals surface area contributed by atoms with E-state index in [1.807, 2.05) is 4.90 Å². The molecule has 2 aromatic rings. The Morgan fingerprint density at radius 3 is 2.77 bits per heavy atom. The summed E-state index contributed by atoms with van der Waals surface area (Å²) >= 11 is 6.17. The third-order valence-electron chi connectivity index (χ3n) is 5.00. The zero-order chi connectivity index (χ0) is 22.1. The Morgan fingerprint density at radius 2 is 2.10 bits per heavy atom. The van der Waals surface area contributed by atoms with E-state index in [2.05, 4.69) is 14.7 Å². The largest absolute Gasteiger partial charge is 0.468 e. The molecule has 12 heteroatoms. The number of methoxy groups -OCH3 is 1. The summed E-state index contributed by atoms with van der Waals surface area (Å²) in [5, 5.41) is 1.30. The average Bonchev–Trinajstić information content (AvgIpc) is 2.70. The van der Waals surface area contributed by atoms with Crippen LogP contribution in [-0.4, -0.2) is 63.0 Å². The van der Waals surface area contributed by atoms with E-state index < -0.39 is 28.1 Å². The van der Waals surface area contributed by atoms with Gasteiger partial charge in [-0.1, -0.05) is 17.7 Å². The minimum atomic E-state index is -3.89. The van der Waals surface area contributed by atoms with Crippen LogP contribution in [-0.2, 0) is 19.6 Å². The Bertz CT molecular complexity index is 1100. The molecule has 0 spiro atoms. The lowest BCUT2D eigenvalue weighted by Crippen LogP contribution is -2.51. The number of carbonyl (C=O) groups excluding carboxylic acids is 1. The van der Waals surface area contributed by atoms with Gasteiger partial charge >= 0.3 is 5.97 Å². The number of nitrogens with one attached hydrogen (secondary N) is 1. The molecule has 0 saturated carbocycles. The molecule has 5 N–H and O–H groups in total. The van der Waals surface area contributed by atoms with Gasteiger partial charge in [-0.3, -0.25) is 9.69 Å². The first-order valence-corrected chi connectivity index (χ1v) is 11.0. The van der Waals surface area contributed by atoms with Gasteiger partial charge in [-0.05, 0) is 32.0 Å². The second-order valence-electron chi connectivity index (χ2n) is 7.04. The molecule has 0 radical (unpaired) electrons. The standard InChI is InChI=1S/C18H23ClN6O4S/c1-25-6-5-10(7-15(25)17(26)29-2)24-30(27,28)11-3-4-12-13(8-11)16(23-18(20)21)22-9-14(12)19/h3-4,8-10,15,24H,5-7H2,1-2H3,(H4,20,21,22,23). The van der Waals surface area contributed by atoms with E-state index >= 15 is 0 Å². The highest BCUT2D eigenvalue weighted by Gasteiger charge is 2.34. The minimum Gasteiger partial charge on any atom is -0.468 e. The lowest BCUT2D eigenvalue weighted by atomic mass is 9.99. The Labute approximate surface area is 179 Å². The molecule has 30 heavy (non-hydrogen) atoms. The van der Waals surface area contributed by atoms with Crippen molar-refractivity contribution in [3.05, 3.63) is 29.4 Å². The summed E-state index contributed by atoms with van der Waals surface area (Å²) < 4.78 is 33.5. The number of fused-ring (bicyclic) bond motifs is 1. The number of likely N-dealkylation sites (N-methyl/N-ethyl adjacent to an activating group) is 1. The van der Waals surface area contributed by atoms with E-state index in [1.54, 1.807) is 13.1 Å². The van der Waals surface area contributed by atoms with Crippen LogP contribution in [0.15, 0.2) is 34.3 Å². The predicted molar refractivity (Wildman–Crippen MR) is 114 cm³/mol. The number of benzene rings is 1. The molecule has 1 fully saturated rings. The molecule has 0 bridgehead atoms. The number of guanidine groups is 1. The van der Waals surface area contributed by atoms with Crippen molar-refractivity contribution in [3.8, 4) is 0 Å². The third-order valence-corrected chi connectivity index (χ3v) is 6.82. The van der Waals surface area contributed by atoms with Crippen LogP contribution in [0.5, 0.6) is 0 Å². The summed E-state index contributed by atoms with van der Waals surface area (Å²) in [5.41, 5.74) is 10.9. The Hall–Kier alpha value is -2.47. The second kappa shape index (κ2) is 8.72. The van der Waals surface area contributed by atoms with Crippen molar-refractivity contribution in [2.24, 2.45) is 16.5 Å². The Morgan fingerprint density at radius 1 is 1.37 bits per heavy atom. The number of nitrogens with zero attached hydrogens (tertiary/aromatic N) is 3. The molecule has 10 nitrogen and oxygen atoms in total. The normalized spacial score (nSPS) is 20.1. The summed E-state index contributed by atoms with van der Waals surface area (Å²) in [4.78, 5) is 21.9. The SMILES string of the molecule is COC(=O)C1CC(NS(=O)(=O)c2ccc3c(Cl)cnc(N=C(N)N)c3c2)CCN1C. The zero-order valence-corrected chi connectivity index (χ0v) is 18.1. The molecule has 2 atom stereocenters. The molecule has 2 unspecified atom stereocenters. The number of halogens is 1. The van der Waals surface area contributed by atoms with Gasteiger partial charge in [-0.15, -0.1) is 0 Å². The molecular weight excluding hydrogens is 432 g/mol. The predicted octanol–water partition coefficient (Wildman–Crippen LogP) is 0.707. The average molecular weight is 455 g/mol. The molecule has 2 heterocycles. The van der Waals surface area contributed by atoms with Gasteiger partial charge in [-0.2, -0.15) is 4.99 Å². The highest BCUT2D eigenvalue weighted by molar-refractivity contribution is 7.89. The fourth-order valence-electron chi connectivity index (χ4n) is 3.44. The molecule has 162 valence electrons. The number of esters is 1. The number of pyridine rings is 1. The smallest absolute Gasteiger partial charge is 0.323 e. The van der Waals surface area contributed by atoms with Gasteiger partial charge in [0.2, 0.25) is 10.0 Å². The first kappa shape index (κ1) is 22.2. The summed E-state index contributed by atoms with van der Waals surface area (Å²) in [5.74, 6) is -0.441. The molecular formula is C18H23ClN6O4S. The van der Waals surface area contributed by atoms with E-state index in [1.165, 1.54) is 25.4 Å². The van der Waals surface area contributed by atoms with E-state index in [9.17, 15) is 13.2 Å². The third kappa shape index (κ3) is 4.64. The number of ether oxygens (including phenoxy) is 1. The van der Waals surface area contributed by atoms with Crippen molar-refractivity contribution in [3.63, 3.8) is 0 Å². The molecule has 1 aliphatic heterocycles. The molecule has 1 aromatic heterocycles. The summed E-state index contributed by atoms with van der Waals surface area (Å²) in [6.07, 6.45) is 2.26. The van der Waals surface area contributed by atoms with Crippen molar-refractivity contribution in [2.75, 3.05) is 20.7 Å². The Kier molecular flexibility index (Phi) is 6.46. The molecule has 3 rings (SSSR count). The fourth-order valence-corrected chi connectivity index (χ4v) is 4.96. The Balaban J connectivity index is 1.92. The van der Waals surface area contributed by atoms with Crippen LogP contribution in [0.4, 0.5) is 5.82 Å². The maximum absolute atomic E-state index is 13.0. The first-order valence-electron chi connectivity index (χ1n) is 9.10. The van der Waals surface area contributed by atoms with Crippen molar-refractivity contribution in [1.82, 2.24) is 14.6 Å². The topological polar surface area (TPSA) is 153 Å². The lowest BCUT2D eigenvalue weighted by molar-refractivity contribution is -0.147. The van der Waals surface area contributed by atoms with Crippen molar-refractivity contribution < 1.29 is 17.9 Å². The number of piperidine rings is 1. The number of hydrogen-bond acceptors (Lipinski definition) is 7. The van der Waals surface area contributed by atoms with Gasteiger partial charge in [0, 0.05) is 29.6 Å². The van der Waals surface area contributed by atoms with Gasteiger partial charge in [0.05, 0.1) is 17.0 Å². The maximum Gasteiger partial charge on any atom is 0.323 e. The van der Waals surface area contributed by atoms with Crippen molar-refractivity contribution in [1.29, 1.82) is 0 Å². The van der Waals surface area contributed by atoms with Crippen LogP contribution in [0.25, 0.3) is 10.8 Å². The molecule has 1 aromatic carbocycles. The van der Waals surface area contributed by atoms with Crippen LogP contribution in [0, 0.1) is 0 Å². The highest BCUT2D eigenvalue weighted by Crippen LogP contribution is 2.31. The van der Waals surface area contributed by atoms with Gasteiger partial charge in [0.1, 0.15) is 6.04 Å². The van der Waals surface area contributed by atoms with Gasteiger partial charge < -0.3 is 16.2 Å². The zero-order valence-electron chi connectivity index (χ0n) is 16.5. The van der Waals surface area contributed by atoms with Gasteiger partial charge in [0.25, 0.3) is 0 Å². The number of rotatable bonds is 5. The number of nitrogens with two attached hydrogens (primary N) is 2. The number of hydrogen-bond donors (Lipinski definition) is 3. The summed E-state index contributed by atoms with van der Waals surface area (Å²) in [7, 11) is -0.770. The van der Waals surface area contributed by atoms with Gasteiger partial charge in [0.15, 0.2) is 11.8 Å². The van der Waals surface area contributed by atoms with Crippen molar-refractivity contribution >= 4 is 50.1 Å². The van der Waals surface area contributed by atoms with E-state index in [4.69, 9.17) is 27.8 Å². The molecule has 1 saturated heterocycles. The van der Waals surface area contributed by atoms with Gasteiger partial charge in [-0.25, -0.2) is 18.1 Å². The number of aromatic nitrogens is 1. The van der Waals surface area contributed by atoms with Crippen LogP contribution < -0.4 is 16.2 Å². The van der Waals surface area contributed by atoms with Crippen LogP contribution in [0.1, 0.15) is 12.8 Å². The quantitative estimate of drug-likeness (QED) is 0.339. The number of sulfonamides is 1. The monoisotopic (exact) mass is 454 g/mol. The lowest BCUT2D eigenvalue weighted by Gasteiger charge is -2.35. The second-order valence-corrected chi connectivity index (χ2v) is 9.16. The number of likely N-dealkylation sites (tertiary alicyclic amines) is 1. The number of carbonyl (C=O) groups is 1. The summed E-state index contributed by atoms with van der Waals surface area (Å²) in [6, 6.07) is 3.52. The summed E-state index contributed by atoms with van der Waals surface area (Å²) in [6.45, 7) is 0.554. The van der Waals surface area contributed by atoms with Crippen molar-refractivity contribution in [2.45, 2.75) is 29.8 Å². The maximum atomic E-state index is 13.0.